The number of methoxy groups -OCH3 is 3. The van der Waals surface area contributed by atoms with Crippen LogP contribution in [0.4, 0.5) is 10.5 Å². The second-order valence-corrected chi connectivity index (χ2v) is 6.55. The van der Waals surface area contributed by atoms with E-state index in [0.717, 1.165) is 5.56 Å². The molecule has 0 aliphatic heterocycles. The van der Waals surface area contributed by atoms with Gasteiger partial charge in [0.25, 0.3) is 5.91 Å². The molecule has 0 spiro atoms. The summed E-state index contributed by atoms with van der Waals surface area (Å²) in [6, 6.07) is 10.2. The standard InChI is InChI=1S/C21H27N3O5/c1-13(2)23-21(26)24-16-8-6-14(7-9-16)12-22-20(25)15-10-17(27-3)19(29-5)18(11-15)28-4/h6-11,13H,12H2,1-5H3,(H,22,25)(H2,23,24,26). The fraction of sp³-hybridized carbons (Fsp3) is 0.333. The largest absolute Gasteiger partial charge is 0.493 e. The molecule has 156 valence electrons. The first-order chi connectivity index (χ1) is 13.9. The van der Waals surface area contributed by atoms with E-state index in [1.165, 1.54) is 21.3 Å². The predicted molar refractivity (Wildman–Crippen MR) is 111 cm³/mol. The van der Waals surface area contributed by atoms with E-state index < -0.39 is 0 Å². The van der Waals surface area contributed by atoms with Gasteiger partial charge < -0.3 is 30.2 Å². The zero-order valence-electron chi connectivity index (χ0n) is 17.3. The predicted octanol–water partition coefficient (Wildman–Crippen LogP) is 3.17. The van der Waals surface area contributed by atoms with Gasteiger partial charge in [0.15, 0.2) is 11.5 Å². The molecule has 29 heavy (non-hydrogen) atoms. The second kappa shape index (κ2) is 10.2. The van der Waals surface area contributed by atoms with E-state index in [4.69, 9.17) is 14.2 Å². The van der Waals surface area contributed by atoms with Crippen LogP contribution in [0.15, 0.2) is 36.4 Å². The number of urea groups is 1. The van der Waals surface area contributed by atoms with Crippen LogP contribution in [-0.4, -0.2) is 39.3 Å². The SMILES string of the molecule is COc1cc(C(=O)NCc2ccc(NC(=O)NC(C)C)cc2)cc(OC)c1OC. The maximum absolute atomic E-state index is 12.5. The Hall–Kier alpha value is -3.42. The van der Waals surface area contributed by atoms with Crippen LogP contribution in [0, 0.1) is 0 Å². The number of benzene rings is 2. The highest BCUT2D eigenvalue weighted by Crippen LogP contribution is 2.38. The van der Waals surface area contributed by atoms with Gasteiger partial charge in [0, 0.05) is 23.8 Å². The lowest BCUT2D eigenvalue weighted by Crippen LogP contribution is -2.34. The summed E-state index contributed by atoms with van der Waals surface area (Å²) in [5.74, 6) is 0.970. The van der Waals surface area contributed by atoms with Crippen LogP contribution < -0.4 is 30.2 Å². The zero-order chi connectivity index (χ0) is 21.4. The van der Waals surface area contributed by atoms with Gasteiger partial charge in [-0.25, -0.2) is 4.79 Å². The molecule has 3 amide bonds. The Balaban J connectivity index is 2.01. The summed E-state index contributed by atoms with van der Waals surface area (Å²) >= 11 is 0. The molecule has 0 heterocycles. The minimum Gasteiger partial charge on any atom is -0.493 e. The van der Waals surface area contributed by atoms with Crippen molar-refractivity contribution in [2.75, 3.05) is 26.6 Å². The van der Waals surface area contributed by atoms with Crippen LogP contribution in [0.5, 0.6) is 17.2 Å². The summed E-state index contributed by atoms with van der Waals surface area (Å²) in [7, 11) is 4.50. The number of anilines is 1. The highest BCUT2D eigenvalue weighted by atomic mass is 16.5. The number of nitrogens with one attached hydrogen (secondary N) is 3. The summed E-state index contributed by atoms with van der Waals surface area (Å²) in [5.41, 5.74) is 1.95. The van der Waals surface area contributed by atoms with Crippen LogP contribution in [0.1, 0.15) is 29.8 Å². The van der Waals surface area contributed by atoms with E-state index in [1.807, 2.05) is 26.0 Å². The van der Waals surface area contributed by atoms with Crippen molar-refractivity contribution in [3.63, 3.8) is 0 Å². The molecule has 0 bridgehead atoms. The number of carbonyl (C=O) groups excluding carboxylic acids is 2. The van der Waals surface area contributed by atoms with Crippen molar-refractivity contribution in [2.45, 2.75) is 26.4 Å². The molecular weight excluding hydrogens is 374 g/mol. The lowest BCUT2D eigenvalue weighted by molar-refractivity contribution is 0.0950. The first-order valence-electron chi connectivity index (χ1n) is 9.12. The Labute approximate surface area is 170 Å². The summed E-state index contributed by atoms with van der Waals surface area (Å²) in [4.78, 5) is 24.3. The third-order valence-electron chi connectivity index (χ3n) is 4.01. The monoisotopic (exact) mass is 401 g/mol. The summed E-state index contributed by atoms with van der Waals surface area (Å²) in [5, 5.41) is 8.36. The normalized spacial score (nSPS) is 10.3. The number of carbonyl (C=O) groups is 2. The number of hydrogen-bond acceptors (Lipinski definition) is 5. The molecule has 0 atom stereocenters. The number of ether oxygens (including phenoxy) is 3. The molecular formula is C21H27N3O5. The Morgan fingerprint density at radius 1 is 0.931 bits per heavy atom. The minimum absolute atomic E-state index is 0.0553. The number of amides is 3. The molecule has 2 aromatic rings. The molecule has 0 unspecified atom stereocenters. The van der Waals surface area contributed by atoms with Crippen LogP contribution in [0.3, 0.4) is 0 Å². The van der Waals surface area contributed by atoms with E-state index in [0.29, 0.717) is 35.0 Å². The third-order valence-corrected chi connectivity index (χ3v) is 4.01. The van der Waals surface area contributed by atoms with Gasteiger partial charge in [0.2, 0.25) is 5.75 Å². The molecule has 0 aliphatic carbocycles. The van der Waals surface area contributed by atoms with Crippen LogP contribution >= 0.6 is 0 Å². The van der Waals surface area contributed by atoms with Crippen molar-refractivity contribution in [3.05, 3.63) is 47.5 Å². The van der Waals surface area contributed by atoms with Crippen molar-refractivity contribution >= 4 is 17.6 Å². The molecule has 0 radical (unpaired) electrons. The Bertz CT molecular complexity index is 825. The molecule has 0 saturated carbocycles. The molecule has 3 N–H and O–H groups in total. The average molecular weight is 401 g/mol. The maximum Gasteiger partial charge on any atom is 0.319 e. The van der Waals surface area contributed by atoms with E-state index in [-0.39, 0.29) is 18.0 Å². The van der Waals surface area contributed by atoms with Crippen LogP contribution in [0.2, 0.25) is 0 Å². The zero-order valence-corrected chi connectivity index (χ0v) is 17.3. The maximum atomic E-state index is 12.5. The quantitative estimate of drug-likeness (QED) is 0.631. The van der Waals surface area contributed by atoms with E-state index in [1.54, 1.807) is 24.3 Å². The lowest BCUT2D eigenvalue weighted by atomic mass is 10.1. The molecule has 2 rings (SSSR count). The summed E-state index contributed by atoms with van der Waals surface area (Å²) in [6.07, 6.45) is 0. The minimum atomic E-state index is -0.275. The molecule has 0 fully saturated rings. The van der Waals surface area contributed by atoms with Gasteiger partial charge in [0.05, 0.1) is 21.3 Å². The highest BCUT2D eigenvalue weighted by Gasteiger charge is 2.16. The van der Waals surface area contributed by atoms with Gasteiger partial charge in [-0.05, 0) is 43.7 Å². The van der Waals surface area contributed by atoms with Crippen LogP contribution in [0.25, 0.3) is 0 Å². The molecule has 8 nitrogen and oxygen atoms in total. The van der Waals surface area contributed by atoms with Gasteiger partial charge in [-0.2, -0.15) is 0 Å². The summed E-state index contributed by atoms with van der Waals surface area (Å²) in [6.45, 7) is 4.10. The molecule has 0 aliphatic rings. The Morgan fingerprint density at radius 3 is 2.00 bits per heavy atom. The first-order valence-corrected chi connectivity index (χ1v) is 9.12. The molecule has 8 heteroatoms. The van der Waals surface area contributed by atoms with E-state index in [9.17, 15) is 9.59 Å². The first kappa shape index (κ1) is 21.9. The second-order valence-electron chi connectivity index (χ2n) is 6.55. The fourth-order valence-corrected chi connectivity index (χ4v) is 2.63. The topological polar surface area (TPSA) is 97.9 Å². The molecule has 0 aromatic heterocycles. The van der Waals surface area contributed by atoms with Crippen molar-refractivity contribution in [1.82, 2.24) is 10.6 Å². The smallest absolute Gasteiger partial charge is 0.319 e. The van der Waals surface area contributed by atoms with Gasteiger partial charge in [0.1, 0.15) is 0 Å². The van der Waals surface area contributed by atoms with Gasteiger partial charge in [-0.3, -0.25) is 4.79 Å². The third kappa shape index (κ3) is 6.03. The van der Waals surface area contributed by atoms with Crippen molar-refractivity contribution < 1.29 is 23.8 Å². The number of hydrogen-bond donors (Lipinski definition) is 3. The highest BCUT2D eigenvalue weighted by molar-refractivity contribution is 5.95. The summed E-state index contributed by atoms with van der Waals surface area (Å²) < 4.78 is 15.8. The van der Waals surface area contributed by atoms with Crippen LogP contribution in [-0.2, 0) is 6.54 Å². The molecule has 2 aromatic carbocycles. The lowest BCUT2D eigenvalue weighted by Gasteiger charge is -2.14. The molecule has 0 saturated heterocycles. The van der Waals surface area contributed by atoms with E-state index in [2.05, 4.69) is 16.0 Å². The van der Waals surface area contributed by atoms with E-state index >= 15 is 0 Å². The fourth-order valence-electron chi connectivity index (χ4n) is 2.63. The average Bonchev–Trinajstić information content (AvgIpc) is 2.71. The van der Waals surface area contributed by atoms with Gasteiger partial charge in [-0.15, -0.1) is 0 Å². The van der Waals surface area contributed by atoms with Crippen molar-refractivity contribution in [2.24, 2.45) is 0 Å². The van der Waals surface area contributed by atoms with Crippen molar-refractivity contribution in [1.29, 1.82) is 0 Å². The Kier molecular flexibility index (Phi) is 7.70. The van der Waals surface area contributed by atoms with Gasteiger partial charge in [-0.1, -0.05) is 12.1 Å². The van der Waals surface area contributed by atoms with Crippen molar-refractivity contribution in [3.8, 4) is 17.2 Å². The number of rotatable bonds is 8. The van der Waals surface area contributed by atoms with Gasteiger partial charge >= 0.3 is 6.03 Å². The Morgan fingerprint density at radius 2 is 1.52 bits per heavy atom.